The van der Waals surface area contributed by atoms with E-state index in [2.05, 4.69) is 16.7 Å². The summed E-state index contributed by atoms with van der Waals surface area (Å²) in [6, 6.07) is 23.4. The smallest absolute Gasteiger partial charge is 0.296 e. The summed E-state index contributed by atoms with van der Waals surface area (Å²) in [4.78, 5) is 30.8. The molecule has 6 aromatic rings. The van der Waals surface area contributed by atoms with E-state index < -0.39 is 5.56 Å². The number of rotatable bonds is 8. The molecule has 0 unspecified atom stereocenters. The molecule has 0 amide bonds. The minimum Gasteiger partial charge on any atom is -0.490 e. The monoisotopic (exact) mass is 573 g/mol. The minimum atomic E-state index is -0.435. The highest BCUT2D eigenvalue weighted by molar-refractivity contribution is 7.15. The predicted octanol–water partition coefficient (Wildman–Crippen LogP) is 4.68. The average molecular weight is 574 g/mol. The van der Waals surface area contributed by atoms with Crippen LogP contribution in [-0.4, -0.2) is 31.0 Å². The topological polar surface area (TPSA) is 91.4 Å². The Morgan fingerprint density at radius 2 is 1.76 bits per heavy atom. The number of ether oxygens (including phenoxy) is 1. The van der Waals surface area contributed by atoms with Crippen LogP contribution in [0.5, 0.6) is 5.75 Å². The molecule has 208 valence electrons. The molecule has 8 nitrogen and oxygen atoms in total. The van der Waals surface area contributed by atoms with Gasteiger partial charge in [0.1, 0.15) is 23.7 Å². The van der Waals surface area contributed by atoms with Crippen molar-refractivity contribution < 1.29 is 4.74 Å². The van der Waals surface area contributed by atoms with Crippen molar-refractivity contribution in [3.05, 3.63) is 145 Å². The normalized spacial score (nSPS) is 11.7. The maximum atomic E-state index is 13.5. The maximum Gasteiger partial charge on any atom is 0.296 e. The van der Waals surface area contributed by atoms with Crippen LogP contribution in [0.1, 0.15) is 27.9 Å². The fraction of sp³-hybridized carbons (Fsp3) is 0.121. The van der Waals surface area contributed by atoms with Crippen molar-refractivity contribution in [3.8, 4) is 22.7 Å². The van der Waals surface area contributed by atoms with Gasteiger partial charge in [0.25, 0.3) is 11.1 Å². The zero-order valence-corrected chi connectivity index (χ0v) is 24.0. The summed E-state index contributed by atoms with van der Waals surface area (Å²) in [6.07, 6.45) is 5.68. The van der Waals surface area contributed by atoms with Gasteiger partial charge in [0.15, 0.2) is 0 Å². The van der Waals surface area contributed by atoms with Crippen LogP contribution in [-0.2, 0) is 6.42 Å². The van der Waals surface area contributed by atoms with Crippen molar-refractivity contribution in [2.75, 3.05) is 6.61 Å². The summed E-state index contributed by atoms with van der Waals surface area (Å²) >= 11 is 1.13. The van der Waals surface area contributed by atoms with E-state index in [1.54, 1.807) is 16.8 Å². The maximum absolute atomic E-state index is 13.5. The number of aryl methyl sites for hydroxylation is 2. The van der Waals surface area contributed by atoms with Crippen LogP contribution in [0, 0.1) is 13.8 Å². The molecule has 0 aliphatic rings. The number of thiazole rings is 1. The van der Waals surface area contributed by atoms with Gasteiger partial charge in [-0.25, -0.2) is 4.68 Å². The molecule has 0 fully saturated rings. The molecule has 9 heteroatoms. The van der Waals surface area contributed by atoms with E-state index in [4.69, 9.17) is 9.84 Å². The number of hydrogen-bond donors (Lipinski definition) is 0. The van der Waals surface area contributed by atoms with Crippen LogP contribution < -0.4 is 20.4 Å². The van der Waals surface area contributed by atoms with E-state index in [1.807, 2.05) is 92.8 Å². The Labute approximate surface area is 245 Å². The van der Waals surface area contributed by atoms with Crippen LogP contribution in [0.15, 0.2) is 101 Å². The van der Waals surface area contributed by atoms with Crippen LogP contribution in [0.4, 0.5) is 0 Å². The highest BCUT2D eigenvalue weighted by Gasteiger charge is 2.16. The summed E-state index contributed by atoms with van der Waals surface area (Å²) in [6.45, 7) is 8.12. The van der Waals surface area contributed by atoms with Crippen molar-refractivity contribution in [2.45, 2.75) is 20.3 Å². The lowest BCUT2D eigenvalue weighted by Crippen LogP contribution is -2.28. The lowest BCUT2D eigenvalue weighted by atomic mass is 10.0. The van der Waals surface area contributed by atoms with Gasteiger partial charge in [0.05, 0.1) is 10.2 Å². The summed E-state index contributed by atoms with van der Waals surface area (Å²) in [5.41, 5.74) is 5.72. The zero-order chi connectivity index (χ0) is 29.2. The van der Waals surface area contributed by atoms with Gasteiger partial charge < -0.3 is 4.74 Å². The number of hydrogen-bond acceptors (Lipinski definition) is 7. The molecular weight excluding hydrogens is 546 g/mol. The summed E-state index contributed by atoms with van der Waals surface area (Å²) < 4.78 is 9.12. The van der Waals surface area contributed by atoms with Crippen LogP contribution in [0.25, 0.3) is 28.0 Å². The molecule has 0 spiro atoms. The Morgan fingerprint density at radius 1 is 0.976 bits per heavy atom. The molecular formula is C33H27N5O3S. The molecule has 0 saturated heterocycles. The Balaban J connectivity index is 1.46. The third kappa shape index (κ3) is 5.42. The SMILES string of the molecule is C=CCOc1ccc(-c2nn(-c3ccccc3)cc2/C=c2\sc3nc(=O)c(Cc4ccc(C)cc4)nn3c2=O)c(C)c1. The van der Waals surface area contributed by atoms with Gasteiger partial charge in [-0.2, -0.15) is 19.7 Å². The second-order valence-corrected chi connectivity index (χ2v) is 10.9. The van der Waals surface area contributed by atoms with Crippen molar-refractivity contribution in [3.63, 3.8) is 0 Å². The molecule has 0 aliphatic carbocycles. The van der Waals surface area contributed by atoms with E-state index in [0.717, 1.165) is 50.6 Å². The van der Waals surface area contributed by atoms with Gasteiger partial charge in [0.2, 0.25) is 4.96 Å². The molecule has 6 rings (SSSR count). The number of nitrogens with zero attached hydrogens (tertiary/aromatic N) is 5. The highest BCUT2D eigenvalue weighted by Crippen LogP contribution is 2.30. The molecule has 0 N–H and O–H groups in total. The Bertz CT molecular complexity index is 2090. The van der Waals surface area contributed by atoms with E-state index >= 15 is 0 Å². The second kappa shape index (κ2) is 11.4. The molecule has 0 bridgehead atoms. The third-order valence-electron chi connectivity index (χ3n) is 6.81. The molecule has 3 aromatic carbocycles. The van der Waals surface area contributed by atoms with Gasteiger partial charge >= 0.3 is 0 Å². The minimum absolute atomic E-state index is 0.227. The quantitative estimate of drug-likeness (QED) is 0.246. The number of para-hydroxylation sites is 1. The Morgan fingerprint density at radius 3 is 2.50 bits per heavy atom. The number of aromatic nitrogens is 5. The zero-order valence-electron chi connectivity index (χ0n) is 23.2. The van der Waals surface area contributed by atoms with E-state index in [1.165, 1.54) is 4.52 Å². The van der Waals surface area contributed by atoms with Crippen molar-refractivity contribution in [1.29, 1.82) is 0 Å². The lowest BCUT2D eigenvalue weighted by Gasteiger charge is -2.08. The van der Waals surface area contributed by atoms with E-state index in [0.29, 0.717) is 23.3 Å². The first-order valence-corrected chi connectivity index (χ1v) is 14.2. The summed E-state index contributed by atoms with van der Waals surface area (Å²) in [7, 11) is 0. The first-order chi connectivity index (χ1) is 20.4. The van der Waals surface area contributed by atoms with Gasteiger partial charge in [-0.3, -0.25) is 9.59 Å². The standard InChI is InChI=1S/C33H27N5O3S/c1-4-16-41-26-14-15-27(22(3)17-26)30-24(20-37(36-30)25-8-6-5-7-9-25)19-29-32(40)38-33(42-29)34-31(39)28(35-38)18-23-12-10-21(2)11-13-23/h4-15,17,19-20H,1,16,18H2,2-3H3/b29-19-. The Kier molecular flexibility index (Phi) is 7.33. The molecule has 3 aromatic heterocycles. The highest BCUT2D eigenvalue weighted by atomic mass is 32.1. The summed E-state index contributed by atoms with van der Waals surface area (Å²) in [5.74, 6) is 0.735. The third-order valence-corrected chi connectivity index (χ3v) is 7.77. The van der Waals surface area contributed by atoms with Crippen molar-refractivity contribution in [1.82, 2.24) is 24.4 Å². The van der Waals surface area contributed by atoms with Crippen LogP contribution in [0.3, 0.4) is 0 Å². The van der Waals surface area contributed by atoms with Gasteiger partial charge in [-0.1, -0.05) is 72.0 Å². The van der Waals surface area contributed by atoms with Gasteiger partial charge in [0, 0.05) is 23.7 Å². The fourth-order valence-electron chi connectivity index (χ4n) is 4.65. The van der Waals surface area contributed by atoms with Gasteiger partial charge in [-0.15, -0.1) is 0 Å². The molecule has 0 aliphatic heterocycles. The first kappa shape index (κ1) is 27.0. The molecule has 42 heavy (non-hydrogen) atoms. The fourth-order valence-corrected chi connectivity index (χ4v) is 5.55. The van der Waals surface area contributed by atoms with E-state index in [9.17, 15) is 9.59 Å². The van der Waals surface area contributed by atoms with Crippen LogP contribution in [0.2, 0.25) is 0 Å². The molecule has 0 saturated carbocycles. The number of benzene rings is 3. The Hall–Kier alpha value is -5.15. The molecule has 3 heterocycles. The first-order valence-electron chi connectivity index (χ1n) is 13.4. The average Bonchev–Trinajstić information content (AvgIpc) is 3.54. The second-order valence-electron chi connectivity index (χ2n) is 9.93. The van der Waals surface area contributed by atoms with Gasteiger partial charge in [-0.05, 0) is 61.4 Å². The van der Waals surface area contributed by atoms with Crippen molar-refractivity contribution >= 4 is 22.4 Å². The lowest BCUT2D eigenvalue weighted by molar-refractivity contribution is 0.363. The molecule has 0 atom stereocenters. The number of fused-ring (bicyclic) bond motifs is 1. The van der Waals surface area contributed by atoms with Crippen molar-refractivity contribution in [2.24, 2.45) is 0 Å². The predicted molar refractivity (Wildman–Crippen MR) is 166 cm³/mol. The van der Waals surface area contributed by atoms with Crippen LogP contribution >= 0.6 is 11.3 Å². The van der Waals surface area contributed by atoms with E-state index in [-0.39, 0.29) is 16.2 Å². The largest absolute Gasteiger partial charge is 0.490 e. The summed E-state index contributed by atoms with van der Waals surface area (Å²) in [5, 5.41) is 9.32. The molecule has 0 radical (unpaired) electrons.